The largest absolute Gasteiger partial charge is 0.353 e. The molecule has 1 aliphatic heterocycles. The van der Waals surface area contributed by atoms with Crippen LogP contribution in [0.5, 0.6) is 0 Å². The van der Waals surface area contributed by atoms with Gasteiger partial charge in [0.25, 0.3) is 5.91 Å². The maximum Gasteiger partial charge on any atom is 0.272 e. The van der Waals surface area contributed by atoms with Crippen molar-refractivity contribution < 1.29 is 14.3 Å². The number of carbonyl (C=O) groups is 1. The lowest BCUT2D eigenvalue weighted by Crippen LogP contribution is -2.33. The Morgan fingerprint density at radius 1 is 1.38 bits per heavy atom. The molecule has 0 spiro atoms. The molecule has 1 N–H and O–H groups in total. The summed E-state index contributed by atoms with van der Waals surface area (Å²) in [6.45, 7) is 3.34. The monoisotopic (exact) mass is 327 g/mol. The lowest BCUT2D eigenvalue weighted by Gasteiger charge is -2.09. The standard InChI is InChI=1S/C18H21N3O3/c1-12-5-2-3-7-15(12)21-16-8-4-6-14(16)17(20-21)18(22)19-9-13-10-23-11-24-13/h2-3,5,7,13H,4,6,8-11H2,1H3,(H,19,22). The molecule has 2 aliphatic rings. The predicted molar refractivity (Wildman–Crippen MR) is 88.4 cm³/mol. The average molecular weight is 327 g/mol. The highest BCUT2D eigenvalue weighted by molar-refractivity contribution is 5.94. The zero-order valence-corrected chi connectivity index (χ0v) is 13.7. The van der Waals surface area contributed by atoms with Crippen molar-refractivity contribution in [2.75, 3.05) is 19.9 Å². The number of hydrogen-bond donors (Lipinski definition) is 1. The van der Waals surface area contributed by atoms with Gasteiger partial charge in [-0.1, -0.05) is 18.2 Å². The van der Waals surface area contributed by atoms with Crippen LogP contribution in [-0.4, -0.2) is 41.7 Å². The third-order valence-electron chi connectivity index (χ3n) is 4.67. The molecule has 1 aliphatic carbocycles. The zero-order valence-electron chi connectivity index (χ0n) is 13.7. The van der Waals surface area contributed by atoms with E-state index in [-0.39, 0.29) is 12.0 Å². The maximum absolute atomic E-state index is 12.6. The van der Waals surface area contributed by atoms with Crippen molar-refractivity contribution in [3.8, 4) is 5.69 Å². The van der Waals surface area contributed by atoms with E-state index >= 15 is 0 Å². The van der Waals surface area contributed by atoms with Gasteiger partial charge in [0.05, 0.1) is 12.3 Å². The minimum atomic E-state index is -0.129. The van der Waals surface area contributed by atoms with Crippen LogP contribution in [0.4, 0.5) is 0 Å². The molecule has 1 fully saturated rings. The van der Waals surface area contributed by atoms with E-state index in [9.17, 15) is 4.79 Å². The Hall–Kier alpha value is -2.18. The van der Waals surface area contributed by atoms with Crippen LogP contribution in [0.25, 0.3) is 5.69 Å². The Morgan fingerprint density at radius 2 is 2.25 bits per heavy atom. The first kappa shape index (κ1) is 15.4. The van der Waals surface area contributed by atoms with Gasteiger partial charge >= 0.3 is 0 Å². The number of rotatable bonds is 4. The molecule has 2 heterocycles. The lowest BCUT2D eigenvalue weighted by molar-refractivity contribution is 0.0461. The fourth-order valence-electron chi connectivity index (χ4n) is 3.40. The van der Waals surface area contributed by atoms with Crippen LogP contribution in [-0.2, 0) is 22.3 Å². The SMILES string of the molecule is Cc1ccccc1-n1nc(C(=O)NCC2COCO2)c2c1CCC2. The van der Waals surface area contributed by atoms with Crippen LogP contribution in [0.2, 0.25) is 0 Å². The van der Waals surface area contributed by atoms with Crippen LogP contribution in [0.1, 0.15) is 33.7 Å². The normalized spacial score (nSPS) is 19.5. The van der Waals surface area contributed by atoms with E-state index < -0.39 is 0 Å². The van der Waals surface area contributed by atoms with Crippen molar-refractivity contribution in [2.45, 2.75) is 32.3 Å². The molecule has 0 radical (unpaired) electrons. The smallest absolute Gasteiger partial charge is 0.272 e. The highest BCUT2D eigenvalue weighted by Crippen LogP contribution is 2.28. The van der Waals surface area contributed by atoms with Gasteiger partial charge < -0.3 is 14.8 Å². The molecule has 126 valence electrons. The highest BCUT2D eigenvalue weighted by atomic mass is 16.7. The van der Waals surface area contributed by atoms with Crippen LogP contribution >= 0.6 is 0 Å². The topological polar surface area (TPSA) is 65.4 Å². The van der Waals surface area contributed by atoms with Gasteiger partial charge in [-0.25, -0.2) is 4.68 Å². The van der Waals surface area contributed by atoms with Gasteiger partial charge in [-0.3, -0.25) is 4.79 Å². The van der Waals surface area contributed by atoms with Gasteiger partial charge in [0, 0.05) is 17.8 Å². The minimum Gasteiger partial charge on any atom is -0.353 e. The molecule has 6 heteroatoms. The van der Waals surface area contributed by atoms with Crippen molar-refractivity contribution in [2.24, 2.45) is 0 Å². The second-order valence-corrected chi connectivity index (χ2v) is 6.31. The van der Waals surface area contributed by atoms with Crippen molar-refractivity contribution in [1.29, 1.82) is 0 Å². The number of para-hydroxylation sites is 1. The summed E-state index contributed by atoms with van der Waals surface area (Å²) in [5.74, 6) is -0.129. The van der Waals surface area contributed by atoms with Crippen LogP contribution in [0, 0.1) is 6.92 Å². The number of ether oxygens (including phenoxy) is 2. The summed E-state index contributed by atoms with van der Waals surface area (Å²) in [7, 11) is 0. The Morgan fingerprint density at radius 3 is 3.04 bits per heavy atom. The summed E-state index contributed by atoms with van der Waals surface area (Å²) in [5.41, 5.74) is 4.99. The Bertz CT molecular complexity index is 763. The van der Waals surface area contributed by atoms with Crippen molar-refractivity contribution in [3.05, 3.63) is 46.8 Å². The van der Waals surface area contributed by atoms with E-state index in [1.807, 2.05) is 22.9 Å². The zero-order chi connectivity index (χ0) is 16.5. The number of nitrogens with one attached hydrogen (secondary N) is 1. The molecule has 0 bridgehead atoms. The molecule has 1 unspecified atom stereocenters. The molecule has 1 aromatic heterocycles. The van der Waals surface area contributed by atoms with E-state index in [2.05, 4.69) is 23.4 Å². The summed E-state index contributed by atoms with van der Waals surface area (Å²) in [6.07, 6.45) is 2.87. The number of aryl methyl sites for hydroxylation is 1. The Labute approximate surface area is 140 Å². The van der Waals surface area contributed by atoms with Gasteiger partial charge in [0.1, 0.15) is 12.9 Å². The van der Waals surface area contributed by atoms with E-state index in [1.54, 1.807) is 0 Å². The molecule has 1 saturated heterocycles. The second kappa shape index (κ2) is 6.37. The lowest BCUT2D eigenvalue weighted by atomic mass is 10.1. The minimum absolute atomic E-state index is 0.0690. The molecule has 6 nitrogen and oxygen atoms in total. The predicted octanol–water partition coefficient (Wildman–Crippen LogP) is 1.77. The number of hydrogen-bond acceptors (Lipinski definition) is 4. The molecular formula is C18H21N3O3. The fourth-order valence-corrected chi connectivity index (χ4v) is 3.40. The number of aromatic nitrogens is 2. The second-order valence-electron chi connectivity index (χ2n) is 6.31. The van der Waals surface area contributed by atoms with Crippen LogP contribution < -0.4 is 5.32 Å². The van der Waals surface area contributed by atoms with E-state index in [4.69, 9.17) is 9.47 Å². The van der Waals surface area contributed by atoms with Gasteiger partial charge in [0.2, 0.25) is 0 Å². The van der Waals surface area contributed by atoms with Gasteiger partial charge in [0.15, 0.2) is 5.69 Å². The molecule has 2 aromatic rings. The first-order valence-electron chi connectivity index (χ1n) is 8.38. The summed E-state index contributed by atoms with van der Waals surface area (Å²) in [5, 5.41) is 7.57. The van der Waals surface area contributed by atoms with Crippen molar-refractivity contribution in [1.82, 2.24) is 15.1 Å². The number of amides is 1. The third-order valence-corrected chi connectivity index (χ3v) is 4.67. The molecule has 0 saturated carbocycles. The first-order chi connectivity index (χ1) is 11.7. The van der Waals surface area contributed by atoms with Gasteiger partial charge in [-0.15, -0.1) is 0 Å². The molecule has 24 heavy (non-hydrogen) atoms. The first-order valence-corrected chi connectivity index (χ1v) is 8.38. The van der Waals surface area contributed by atoms with Crippen LogP contribution in [0.3, 0.4) is 0 Å². The number of nitrogens with zero attached hydrogens (tertiary/aromatic N) is 2. The van der Waals surface area contributed by atoms with E-state index in [0.717, 1.165) is 41.8 Å². The third kappa shape index (κ3) is 2.72. The summed E-state index contributed by atoms with van der Waals surface area (Å²) < 4.78 is 12.5. The number of fused-ring (bicyclic) bond motifs is 1. The quantitative estimate of drug-likeness (QED) is 0.929. The fraction of sp³-hybridized carbons (Fsp3) is 0.444. The number of carbonyl (C=O) groups excluding carboxylic acids is 1. The Kier molecular flexibility index (Phi) is 4.08. The number of benzene rings is 1. The van der Waals surface area contributed by atoms with Crippen LogP contribution in [0.15, 0.2) is 24.3 Å². The summed E-state index contributed by atoms with van der Waals surface area (Å²) in [4.78, 5) is 12.6. The molecule has 1 amide bonds. The van der Waals surface area contributed by atoms with Gasteiger partial charge in [-0.05, 0) is 37.8 Å². The summed E-state index contributed by atoms with van der Waals surface area (Å²) >= 11 is 0. The summed E-state index contributed by atoms with van der Waals surface area (Å²) in [6, 6.07) is 8.13. The average Bonchev–Trinajstić information content (AvgIpc) is 3.31. The highest BCUT2D eigenvalue weighted by Gasteiger charge is 2.28. The maximum atomic E-state index is 12.6. The Balaban J connectivity index is 1.61. The van der Waals surface area contributed by atoms with Gasteiger partial charge in [-0.2, -0.15) is 5.10 Å². The van der Waals surface area contributed by atoms with Crippen molar-refractivity contribution in [3.63, 3.8) is 0 Å². The molecular weight excluding hydrogens is 306 g/mol. The van der Waals surface area contributed by atoms with E-state index in [0.29, 0.717) is 25.6 Å². The molecule has 4 rings (SSSR count). The van der Waals surface area contributed by atoms with E-state index in [1.165, 1.54) is 0 Å². The van der Waals surface area contributed by atoms with Crippen molar-refractivity contribution >= 4 is 5.91 Å². The molecule has 1 atom stereocenters. The molecule has 1 aromatic carbocycles.